The van der Waals surface area contributed by atoms with Crippen molar-refractivity contribution in [2.75, 3.05) is 39.2 Å². The molecule has 2 aromatic heterocycles. The maximum atomic E-state index is 14.1. The predicted molar refractivity (Wildman–Crippen MR) is 165 cm³/mol. The maximum absolute atomic E-state index is 14.1. The molecule has 0 radical (unpaired) electrons. The number of nitrogens with one attached hydrogen (secondary N) is 2. The minimum Gasteiger partial charge on any atom is -0.497 e. The van der Waals surface area contributed by atoms with E-state index in [2.05, 4.69) is 22.2 Å². The highest BCUT2D eigenvalue weighted by molar-refractivity contribution is 6.35. The third-order valence-electron chi connectivity index (χ3n) is 7.37. The molecule has 1 saturated heterocycles. The largest absolute Gasteiger partial charge is 0.497 e. The molecular weight excluding hydrogens is 556 g/mol. The second kappa shape index (κ2) is 13.1. The summed E-state index contributed by atoms with van der Waals surface area (Å²) in [6.45, 7) is 5.79. The molecule has 5 rings (SSSR count). The van der Waals surface area contributed by atoms with Gasteiger partial charge in [0.2, 0.25) is 11.9 Å². The SMILES string of the molecule is C=CC(=O)N1CCC(NCCn2c(=O)c(-c3cc(OC)cc(OC)c3Cl)cc3cnc(Nc4ccccc4)nc32)CC1. The number of hydrogen-bond donors (Lipinski definition) is 2. The molecule has 3 heterocycles. The summed E-state index contributed by atoms with van der Waals surface area (Å²) >= 11 is 6.70. The van der Waals surface area contributed by atoms with E-state index in [0.717, 1.165) is 18.5 Å². The maximum Gasteiger partial charge on any atom is 0.260 e. The van der Waals surface area contributed by atoms with Crippen LogP contribution in [-0.4, -0.2) is 65.2 Å². The number of pyridine rings is 1. The van der Waals surface area contributed by atoms with Crippen LogP contribution >= 0.6 is 11.6 Å². The van der Waals surface area contributed by atoms with Crippen LogP contribution in [0.3, 0.4) is 0 Å². The first-order valence-electron chi connectivity index (χ1n) is 13.7. The molecule has 0 spiro atoms. The van der Waals surface area contributed by atoms with Gasteiger partial charge in [0.05, 0.1) is 19.2 Å². The Morgan fingerprint density at radius 3 is 2.57 bits per heavy atom. The fourth-order valence-electron chi connectivity index (χ4n) is 5.12. The van der Waals surface area contributed by atoms with Crippen LogP contribution in [0.25, 0.3) is 22.2 Å². The molecule has 0 atom stereocenters. The van der Waals surface area contributed by atoms with E-state index >= 15 is 0 Å². The Kier molecular flexibility index (Phi) is 9.04. The second-order valence-electron chi connectivity index (χ2n) is 9.93. The first kappa shape index (κ1) is 29.1. The predicted octanol–water partition coefficient (Wildman–Crippen LogP) is 4.64. The lowest BCUT2D eigenvalue weighted by Gasteiger charge is -2.32. The minimum absolute atomic E-state index is 0.0456. The van der Waals surface area contributed by atoms with Crippen molar-refractivity contribution in [2.24, 2.45) is 0 Å². The number of rotatable bonds is 10. The number of ether oxygens (including phenoxy) is 2. The number of para-hydroxylation sites is 1. The Balaban J connectivity index is 1.50. The summed E-state index contributed by atoms with van der Waals surface area (Å²) in [7, 11) is 3.06. The first-order chi connectivity index (χ1) is 20.4. The van der Waals surface area contributed by atoms with Crippen molar-refractivity contribution in [2.45, 2.75) is 25.4 Å². The van der Waals surface area contributed by atoms with E-state index in [0.29, 0.717) is 70.8 Å². The van der Waals surface area contributed by atoms with E-state index in [9.17, 15) is 9.59 Å². The molecule has 4 aromatic rings. The van der Waals surface area contributed by atoms with Gasteiger partial charge >= 0.3 is 0 Å². The van der Waals surface area contributed by atoms with Crippen molar-refractivity contribution in [3.05, 3.63) is 82.8 Å². The second-order valence-corrected chi connectivity index (χ2v) is 10.3. The molecule has 1 aliphatic rings. The van der Waals surface area contributed by atoms with E-state index in [1.807, 2.05) is 30.3 Å². The van der Waals surface area contributed by atoms with Crippen molar-refractivity contribution in [3.8, 4) is 22.6 Å². The summed E-state index contributed by atoms with van der Waals surface area (Å²) < 4.78 is 12.5. The molecule has 2 N–H and O–H groups in total. The average molecular weight is 589 g/mol. The van der Waals surface area contributed by atoms with Crippen molar-refractivity contribution in [3.63, 3.8) is 0 Å². The van der Waals surface area contributed by atoms with E-state index < -0.39 is 0 Å². The van der Waals surface area contributed by atoms with Crippen LogP contribution in [0.1, 0.15) is 12.8 Å². The zero-order valence-corrected chi connectivity index (χ0v) is 24.4. The summed E-state index contributed by atoms with van der Waals surface area (Å²) in [5, 5.41) is 7.75. The third kappa shape index (κ3) is 6.24. The molecule has 11 heteroatoms. The monoisotopic (exact) mass is 588 g/mol. The van der Waals surface area contributed by atoms with E-state index in [4.69, 9.17) is 26.1 Å². The Hall–Kier alpha value is -4.41. The molecule has 0 bridgehead atoms. The van der Waals surface area contributed by atoms with E-state index in [1.54, 1.807) is 41.0 Å². The van der Waals surface area contributed by atoms with Gasteiger partial charge in [-0.1, -0.05) is 36.4 Å². The number of piperidine rings is 1. The summed E-state index contributed by atoms with van der Waals surface area (Å²) in [6, 6.07) is 15.0. The smallest absolute Gasteiger partial charge is 0.260 e. The molecule has 2 aromatic carbocycles. The number of anilines is 2. The van der Waals surface area contributed by atoms with Crippen molar-refractivity contribution in [1.82, 2.24) is 24.8 Å². The summed E-state index contributed by atoms with van der Waals surface area (Å²) in [6.07, 6.45) is 4.69. The van der Waals surface area contributed by atoms with E-state index in [1.165, 1.54) is 13.2 Å². The lowest BCUT2D eigenvalue weighted by atomic mass is 10.0. The van der Waals surface area contributed by atoms with Gasteiger partial charge in [0.25, 0.3) is 5.56 Å². The van der Waals surface area contributed by atoms with Gasteiger partial charge in [0.1, 0.15) is 17.1 Å². The zero-order valence-electron chi connectivity index (χ0n) is 23.6. The van der Waals surface area contributed by atoms with Crippen LogP contribution in [-0.2, 0) is 11.3 Å². The molecule has 218 valence electrons. The molecule has 0 saturated carbocycles. The number of carbonyl (C=O) groups excluding carboxylic acids is 1. The number of carbonyl (C=O) groups is 1. The van der Waals surface area contributed by atoms with Gasteiger partial charge in [-0.3, -0.25) is 14.2 Å². The number of methoxy groups -OCH3 is 2. The summed E-state index contributed by atoms with van der Waals surface area (Å²) in [4.78, 5) is 37.1. The highest BCUT2D eigenvalue weighted by Gasteiger charge is 2.22. The molecule has 42 heavy (non-hydrogen) atoms. The van der Waals surface area contributed by atoms with Crippen LogP contribution in [0.2, 0.25) is 5.02 Å². The van der Waals surface area contributed by atoms with Crippen LogP contribution in [0.4, 0.5) is 11.6 Å². The fourth-order valence-corrected chi connectivity index (χ4v) is 5.41. The average Bonchev–Trinajstić information content (AvgIpc) is 3.02. The van der Waals surface area contributed by atoms with Crippen LogP contribution in [0, 0.1) is 0 Å². The molecule has 1 fully saturated rings. The van der Waals surface area contributed by atoms with Crippen LogP contribution in [0.15, 0.2) is 72.2 Å². The third-order valence-corrected chi connectivity index (χ3v) is 7.75. The Morgan fingerprint density at radius 2 is 1.88 bits per heavy atom. The number of amides is 1. The van der Waals surface area contributed by atoms with Crippen molar-refractivity contribution in [1.29, 1.82) is 0 Å². The highest BCUT2D eigenvalue weighted by atomic mass is 35.5. The van der Waals surface area contributed by atoms with Crippen molar-refractivity contribution >= 4 is 40.2 Å². The molecule has 1 amide bonds. The van der Waals surface area contributed by atoms with Crippen LogP contribution in [0.5, 0.6) is 11.5 Å². The van der Waals surface area contributed by atoms with Crippen LogP contribution < -0.4 is 25.7 Å². The highest BCUT2D eigenvalue weighted by Crippen LogP contribution is 2.38. The van der Waals surface area contributed by atoms with Gasteiger partial charge in [-0.05, 0) is 43.2 Å². The van der Waals surface area contributed by atoms with Gasteiger partial charge in [-0.2, -0.15) is 4.98 Å². The topological polar surface area (TPSA) is 111 Å². The van der Waals surface area contributed by atoms with Gasteiger partial charge in [0.15, 0.2) is 0 Å². The number of likely N-dealkylation sites (tertiary alicyclic amines) is 1. The fraction of sp³-hybridized carbons (Fsp3) is 0.290. The first-order valence-corrected chi connectivity index (χ1v) is 14.1. The van der Waals surface area contributed by atoms with Crippen molar-refractivity contribution < 1.29 is 14.3 Å². The normalized spacial score (nSPS) is 13.6. The Morgan fingerprint density at radius 1 is 1.12 bits per heavy atom. The van der Waals surface area contributed by atoms with Gasteiger partial charge < -0.3 is 25.0 Å². The molecule has 1 aliphatic heterocycles. The summed E-state index contributed by atoms with van der Waals surface area (Å²) in [5.41, 5.74) is 1.95. The number of hydrogen-bond acceptors (Lipinski definition) is 8. The molecule has 0 unspecified atom stereocenters. The molecule has 0 aliphatic carbocycles. The number of aromatic nitrogens is 3. The number of benzene rings is 2. The quantitative estimate of drug-likeness (QED) is 0.258. The molecule has 10 nitrogen and oxygen atoms in total. The Labute approximate surface area is 248 Å². The number of halogens is 1. The number of fused-ring (bicyclic) bond motifs is 1. The van der Waals surface area contributed by atoms with Gasteiger partial charge in [-0.25, -0.2) is 4.98 Å². The zero-order chi connectivity index (χ0) is 29.6. The minimum atomic E-state index is -0.253. The summed E-state index contributed by atoms with van der Waals surface area (Å²) in [5.74, 6) is 1.25. The lowest BCUT2D eigenvalue weighted by molar-refractivity contribution is -0.127. The Bertz CT molecular complexity index is 1650. The lowest BCUT2D eigenvalue weighted by Crippen LogP contribution is -2.45. The van der Waals surface area contributed by atoms with Gasteiger partial charge in [-0.15, -0.1) is 0 Å². The van der Waals surface area contributed by atoms with E-state index in [-0.39, 0.29) is 17.5 Å². The molecular formula is C31H33ClN6O4. The van der Waals surface area contributed by atoms with Gasteiger partial charge in [0, 0.05) is 66.7 Å². The standard InChI is InChI=1S/C31H33ClN6O4/c1-4-27(39)37-13-10-21(11-14-37)33-12-15-38-29-20(19-34-31(36-29)35-22-8-6-5-7-9-22)16-25(30(38)40)24-17-23(41-2)18-26(42-3)28(24)32/h4-9,16-19,21,33H,1,10-15H2,2-3H3,(H,34,35,36). The number of nitrogens with zero attached hydrogens (tertiary/aromatic N) is 4.